The maximum atomic E-state index is 11.5. The summed E-state index contributed by atoms with van der Waals surface area (Å²) in [4.78, 5) is 0. The van der Waals surface area contributed by atoms with Crippen LogP contribution in [0.2, 0.25) is 0 Å². The Morgan fingerprint density at radius 1 is 1.20 bits per heavy atom. The van der Waals surface area contributed by atoms with Crippen molar-refractivity contribution in [1.29, 1.82) is 0 Å². The Morgan fingerprint density at radius 2 is 2.00 bits per heavy atom. The Bertz CT molecular complexity index is 315. The highest BCUT2D eigenvalue weighted by atomic mass is 32.2. The van der Waals surface area contributed by atoms with Crippen molar-refractivity contribution in [3.63, 3.8) is 0 Å². The molecule has 0 aromatic rings. The number of hydrogen-bond acceptors (Lipinski definition) is 4. The third kappa shape index (κ3) is 2.52. The van der Waals surface area contributed by atoms with Crippen molar-refractivity contribution in [1.82, 2.24) is 5.32 Å². The van der Waals surface area contributed by atoms with Crippen LogP contribution >= 0.6 is 0 Å². The van der Waals surface area contributed by atoms with E-state index in [0.717, 1.165) is 32.1 Å². The van der Waals surface area contributed by atoms with Crippen molar-refractivity contribution in [3.8, 4) is 0 Å². The van der Waals surface area contributed by atoms with Gasteiger partial charge in [0.2, 0.25) is 0 Å². The summed E-state index contributed by atoms with van der Waals surface area (Å²) in [6.45, 7) is 0.518. The second-order valence-corrected chi connectivity index (χ2v) is 7.04. The maximum absolute atomic E-state index is 11.5. The van der Waals surface area contributed by atoms with Crippen molar-refractivity contribution >= 4 is 9.84 Å². The van der Waals surface area contributed by atoms with Gasteiger partial charge in [-0.2, -0.15) is 0 Å². The van der Waals surface area contributed by atoms with Crippen LogP contribution in [0, 0.1) is 0 Å². The fraction of sp³-hybridized carbons (Fsp3) is 1.00. The zero-order chi connectivity index (χ0) is 10.9. The van der Waals surface area contributed by atoms with Crippen LogP contribution in [0.3, 0.4) is 0 Å². The van der Waals surface area contributed by atoms with Crippen molar-refractivity contribution in [2.24, 2.45) is 0 Å². The molecule has 3 atom stereocenters. The Hall–Kier alpha value is -0.130. The summed E-state index contributed by atoms with van der Waals surface area (Å²) in [6.07, 6.45) is 4.13. The number of aliphatic hydroxyl groups excluding tert-OH is 1. The van der Waals surface area contributed by atoms with Gasteiger partial charge in [0.1, 0.15) is 0 Å². The lowest BCUT2D eigenvalue weighted by Gasteiger charge is -2.18. The number of aliphatic hydroxyl groups is 1. The fourth-order valence-electron chi connectivity index (χ4n) is 2.55. The first-order valence-electron chi connectivity index (χ1n) is 5.72. The molecule has 0 amide bonds. The first kappa shape index (κ1) is 11.4. The van der Waals surface area contributed by atoms with Gasteiger partial charge in [-0.3, -0.25) is 0 Å². The SMILES string of the molecule is O=S1(=O)CCCC1CN[C@H]1CCC[C@@H]1O. The van der Waals surface area contributed by atoms with Gasteiger partial charge in [-0.05, 0) is 32.1 Å². The van der Waals surface area contributed by atoms with Gasteiger partial charge in [-0.1, -0.05) is 0 Å². The lowest BCUT2D eigenvalue weighted by atomic mass is 10.2. The molecule has 5 heteroatoms. The van der Waals surface area contributed by atoms with Crippen molar-refractivity contribution in [2.45, 2.75) is 49.5 Å². The van der Waals surface area contributed by atoms with E-state index in [0.29, 0.717) is 12.3 Å². The van der Waals surface area contributed by atoms with Gasteiger partial charge in [-0.25, -0.2) is 8.42 Å². The normalized spacial score (nSPS) is 39.7. The van der Waals surface area contributed by atoms with E-state index in [1.165, 1.54) is 0 Å². The van der Waals surface area contributed by atoms with Crippen LogP contribution in [0.1, 0.15) is 32.1 Å². The van der Waals surface area contributed by atoms with E-state index in [9.17, 15) is 13.5 Å². The van der Waals surface area contributed by atoms with Crippen LogP contribution in [0.5, 0.6) is 0 Å². The van der Waals surface area contributed by atoms with Crippen LogP contribution in [0.25, 0.3) is 0 Å². The Balaban J connectivity index is 1.83. The fourth-order valence-corrected chi connectivity index (χ4v) is 4.33. The monoisotopic (exact) mass is 233 g/mol. The molecule has 0 radical (unpaired) electrons. The van der Waals surface area contributed by atoms with Gasteiger partial charge >= 0.3 is 0 Å². The number of hydrogen-bond donors (Lipinski definition) is 2. The van der Waals surface area contributed by atoms with Crippen molar-refractivity contribution in [3.05, 3.63) is 0 Å². The molecular weight excluding hydrogens is 214 g/mol. The predicted molar refractivity (Wildman–Crippen MR) is 58.5 cm³/mol. The molecule has 0 aromatic heterocycles. The maximum Gasteiger partial charge on any atom is 0.154 e. The van der Waals surface area contributed by atoms with E-state index in [2.05, 4.69) is 5.32 Å². The highest BCUT2D eigenvalue weighted by Gasteiger charge is 2.33. The Labute approximate surface area is 91.0 Å². The molecule has 2 fully saturated rings. The van der Waals surface area contributed by atoms with Gasteiger partial charge in [0.05, 0.1) is 17.1 Å². The van der Waals surface area contributed by atoms with E-state index in [1.807, 2.05) is 0 Å². The number of nitrogens with one attached hydrogen (secondary N) is 1. The molecule has 0 spiro atoms. The van der Waals surface area contributed by atoms with Crippen LogP contribution < -0.4 is 5.32 Å². The summed E-state index contributed by atoms with van der Waals surface area (Å²) in [5, 5.41) is 12.6. The summed E-state index contributed by atoms with van der Waals surface area (Å²) in [5.41, 5.74) is 0. The summed E-state index contributed by atoms with van der Waals surface area (Å²) in [5.74, 6) is 0.340. The Kier molecular flexibility index (Phi) is 3.33. The van der Waals surface area contributed by atoms with Crippen LogP contribution in [-0.2, 0) is 9.84 Å². The third-order valence-corrected chi connectivity index (χ3v) is 5.83. The molecule has 1 saturated carbocycles. The van der Waals surface area contributed by atoms with Crippen molar-refractivity contribution in [2.75, 3.05) is 12.3 Å². The quantitative estimate of drug-likeness (QED) is 0.724. The summed E-state index contributed by atoms with van der Waals surface area (Å²) in [6, 6.07) is 0.112. The van der Waals surface area contributed by atoms with E-state index >= 15 is 0 Å². The Morgan fingerprint density at radius 3 is 2.53 bits per heavy atom. The molecule has 1 heterocycles. The molecule has 1 aliphatic heterocycles. The van der Waals surface area contributed by atoms with Gasteiger partial charge in [0.25, 0.3) is 0 Å². The van der Waals surface area contributed by atoms with Gasteiger partial charge in [0, 0.05) is 12.6 Å². The van der Waals surface area contributed by atoms with Crippen LogP contribution in [-0.4, -0.2) is 43.2 Å². The highest BCUT2D eigenvalue weighted by Crippen LogP contribution is 2.22. The molecule has 1 aliphatic carbocycles. The van der Waals surface area contributed by atoms with Gasteiger partial charge in [-0.15, -0.1) is 0 Å². The summed E-state index contributed by atoms with van der Waals surface area (Å²) in [7, 11) is -2.84. The topological polar surface area (TPSA) is 66.4 Å². The molecular formula is C10H19NO3S. The zero-order valence-corrected chi connectivity index (χ0v) is 9.67. The number of rotatable bonds is 3. The lowest BCUT2D eigenvalue weighted by Crippen LogP contribution is -2.41. The van der Waals surface area contributed by atoms with Crippen molar-refractivity contribution < 1.29 is 13.5 Å². The minimum Gasteiger partial charge on any atom is -0.392 e. The molecule has 0 aromatic carbocycles. The predicted octanol–water partition coefficient (Wildman–Crippen LogP) is 0.0666. The second kappa shape index (κ2) is 4.39. The van der Waals surface area contributed by atoms with Crippen LogP contribution in [0.4, 0.5) is 0 Å². The van der Waals surface area contributed by atoms with Crippen LogP contribution in [0.15, 0.2) is 0 Å². The average molecular weight is 233 g/mol. The molecule has 1 unspecified atom stereocenters. The molecule has 2 rings (SSSR count). The first-order valence-corrected chi connectivity index (χ1v) is 7.44. The van der Waals surface area contributed by atoms with E-state index in [1.54, 1.807) is 0 Å². The molecule has 2 aliphatic rings. The smallest absolute Gasteiger partial charge is 0.154 e. The average Bonchev–Trinajstić information content (AvgIpc) is 2.69. The summed E-state index contributed by atoms with van der Waals surface area (Å²) < 4.78 is 23.1. The molecule has 4 nitrogen and oxygen atoms in total. The van der Waals surface area contributed by atoms with E-state index < -0.39 is 9.84 Å². The highest BCUT2D eigenvalue weighted by molar-refractivity contribution is 7.92. The molecule has 2 N–H and O–H groups in total. The molecule has 1 saturated heterocycles. The molecule has 0 bridgehead atoms. The van der Waals surface area contributed by atoms with E-state index in [-0.39, 0.29) is 17.4 Å². The molecule has 15 heavy (non-hydrogen) atoms. The zero-order valence-electron chi connectivity index (χ0n) is 8.85. The lowest BCUT2D eigenvalue weighted by molar-refractivity contribution is 0.149. The second-order valence-electron chi connectivity index (χ2n) is 4.64. The van der Waals surface area contributed by atoms with Gasteiger partial charge < -0.3 is 10.4 Å². The summed E-state index contributed by atoms with van der Waals surface area (Å²) >= 11 is 0. The minimum atomic E-state index is -2.84. The largest absolute Gasteiger partial charge is 0.392 e. The number of sulfone groups is 1. The molecule has 88 valence electrons. The first-order chi connectivity index (χ1) is 7.09. The standard InChI is InChI=1S/C10H19NO3S/c12-10-5-1-4-9(10)11-7-8-3-2-6-15(8,13)14/h8-12H,1-7H2/t8?,9-,10-/m0/s1. The van der Waals surface area contributed by atoms with Gasteiger partial charge in [0.15, 0.2) is 9.84 Å². The minimum absolute atomic E-state index is 0.112. The van der Waals surface area contributed by atoms with E-state index in [4.69, 9.17) is 0 Å². The third-order valence-electron chi connectivity index (χ3n) is 3.55.